The van der Waals surface area contributed by atoms with Crippen molar-refractivity contribution in [2.24, 2.45) is 5.92 Å². The fraction of sp³-hybridized carbons (Fsp3) is 0.304. The van der Waals surface area contributed by atoms with Gasteiger partial charge in [0.1, 0.15) is 0 Å². The molecule has 3 heterocycles. The van der Waals surface area contributed by atoms with E-state index in [1.54, 1.807) is 23.4 Å². The second kappa shape index (κ2) is 7.74. The Kier molecular flexibility index (Phi) is 4.78. The smallest absolute Gasteiger partial charge is 0.228 e. The Hall–Kier alpha value is -3.48. The molecule has 2 aromatic carbocycles. The van der Waals surface area contributed by atoms with Gasteiger partial charge in [-0.3, -0.25) is 9.59 Å². The molecule has 0 bridgehead atoms. The highest BCUT2D eigenvalue weighted by atomic mass is 16.2. The molecule has 1 aromatic heterocycles. The lowest BCUT2D eigenvalue weighted by Crippen LogP contribution is -2.51. The molecule has 2 aliphatic rings. The summed E-state index contributed by atoms with van der Waals surface area (Å²) >= 11 is 0. The van der Waals surface area contributed by atoms with Crippen molar-refractivity contribution in [1.29, 1.82) is 0 Å². The van der Waals surface area contributed by atoms with E-state index in [0.717, 1.165) is 16.5 Å². The van der Waals surface area contributed by atoms with Gasteiger partial charge in [0.05, 0.1) is 11.6 Å². The number of rotatable bonds is 3. The Labute approximate surface area is 174 Å². The second-order valence-corrected chi connectivity index (χ2v) is 7.76. The fourth-order valence-electron chi connectivity index (χ4n) is 4.39. The van der Waals surface area contributed by atoms with Crippen molar-refractivity contribution in [2.75, 3.05) is 42.5 Å². The van der Waals surface area contributed by atoms with Crippen molar-refractivity contribution < 1.29 is 9.59 Å². The van der Waals surface area contributed by atoms with Gasteiger partial charge >= 0.3 is 0 Å². The molecule has 0 saturated carbocycles. The number of carbonyl (C=O) groups excluding carboxylic acids is 2. The van der Waals surface area contributed by atoms with Gasteiger partial charge in [-0.1, -0.05) is 36.4 Å². The highest BCUT2D eigenvalue weighted by molar-refractivity contribution is 6.07. The van der Waals surface area contributed by atoms with Crippen molar-refractivity contribution in [3.8, 4) is 0 Å². The molecule has 30 heavy (non-hydrogen) atoms. The van der Waals surface area contributed by atoms with Crippen LogP contribution in [0.4, 0.5) is 11.6 Å². The third-order valence-electron chi connectivity index (χ3n) is 5.96. The van der Waals surface area contributed by atoms with Gasteiger partial charge in [0.2, 0.25) is 17.8 Å². The first-order chi connectivity index (χ1) is 14.7. The lowest BCUT2D eigenvalue weighted by Gasteiger charge is -2.35. The van der Waals surface area contributed by atoms with E-state index in [-0.39, 0.29) is 24.2 Å². The summed E-state index contributed by atoms with van der Waals surface area (Å²) in [6.07, 6.45) is 3.72. The highest BCUT2D eigenvalue weighted by Gasteiger charge is 2.38. The van der Waals surface area contributed by atoms with Crippen molar-refractivity contribution in [2.45, 2.75) is 6.42 Å². The van der Waals surface area contributed by atoms with Crippen LogP contribution in [0.1, 0.15) is 6.42 Å². The molecule has 7 heteroatoms. The molecule has 152 valence electrons. The number of anilines is 2. The molecule has 7 nitrogen and oxygen atoms in total. The summed E-state index contributed by atoms with van der Waals surface area (Å²) in [7, 11) is 0. The summed E-state index contributed by atoms with van der Waals surface area (Å²) < 4.78 is 0. The summed E-state index contributed by atoms with van der Waals surface area (Å²) in [6.45, 7) is 3.08. The summed E-state index contributed by atoms with van der Waals surface area (Å²) in [5, 5.41) is 2.13. The Balaban J connectivity index is 1.27. The maximum Gasteiger partial charge on any atom is 0.228 e. The summed E-state index contributed by atoms with van der Waals surface area (Å²) in [4.78, 5) is 40.2. The normalized spacial score (nSPS) is 19.5. The number of aromatic nitrogens is 2. The van der Waals surface area contributed by atoms with Gasteiger partial charge in [0, 0.05) is 56.9 Å². The van der Waals surface area contributed by atoms with Crippen LogP contribution in [-0.4, -0.2) is 59.4 Å². The first-order valence-electron chi connectivity index (χ1n) is 10.3. The number of hydrogen-bond donors (Lipinski definition) is 0. The predicted octanol–water partition coefficient (Wildman–Crippen LogP) is 2.33. The molecule has 5 rings (SSSR count). The third kappa shape index (κ3) is 3.36. The molecule has 0 aliphatic carbocycles. The van der Waals surface area contributed by atoms with E-state index >= 15 is 0 Å². The largest absolute Gasteiger partial charge is 0.339 e. The Morgan fingerprint density at radius 1 is 0.900 bits per heavy atom. The lowest BCUT2D eigenvalue weighted by atomic mass is 10.1. The average molecular weight is 401 g/mol. The van der Waals surface area contributed by atoms with Crippen molar-refractivity contribution in [3.63, 3.8) is 0 Å². The standard InChI is InChI=1S/C23H23N5O2/c29-21-15-18(16-28(21)20-8-3-6-17-5-1-2-7-19(17)20)22(30)26-11-13-27(14-12-26)23-24-9-4-10-25-23/h1-10,18H,11-16H2. The second-order valence-electron chi connectivity index (χ2n) is 7.76. The maximum atomic E-state index is 13.1. The topological polar surface area (TPSA) is 69.6 Å². The Bertz CT molecular complexity index is 1070. The van der Waals surface area contributed by atoms with Gasteiger partial charge in [-0.25, -0.2) is 9.97 Å². The van der Waals surface area contributed by atoms with Gasteiger partial charge in [0.25, 0.3) is 0 Å². The molecular weight excluding hydrogens is 378 g/mol. The average Bonchev–Trinajstić information content (AvgIpc) is 3.20. The molecule has 1 unspecified atom stereocenters. The van der Waals surface area contributed by atoms with Crippen molar-refractivity contribution in [3.05, 3.63) is 60.9 Å². The minimum absolute atomic E-state index is 0.0148. The third-order valence-corrected chi connectivity index (χ3v) is 5.96. The van der Waals surface area contributed by atoms with Gasteiger partial charge < -0.3 is 14.7 Å². The van der Waals surface area contributed by atoms with Crippen LogP contribution in [0.25, 0.3) is 10.8 Å². The van der Waals surface area contributed by atoms with Crippen LogP contribution in [0.2, 0.25) is 0 Å². The molecule has 2 amide bonds. The van der Waals surface area contributed by atoms with Crippen LogP contribution in [0, 0.1) is 5.92 Å². The molecule has 2 fully saturated rings. The first-order valence-corrected chi connectivity index (χ1v) is 10.3. The van der Waals surface area contributed by atoms with E-state index < -0.39 is 0 Å². The van der Waals surface area contributed by atoms with Crippen LogP contribution in [0.3, 0.4) is 0 Å². The molecule has 1 atom stereocenters. The fourth-order valence-corrected chi connectivity index (χ4v) is 4.39. The maximum absolute atomic E-state index is 13.1. The van der Waals surface area contributed by atoms with E-state index in [9.17, 15) is 9.59 Å². The number of piperazine rings is 1. The summed E-state index contributed by atoms with van der Waals surface area (Å²) in [5.41, 5.74) is 0.888. The van der Waals surface area contributed by atoms with E-state index in [0.29, 0.717) is 38.7 Å². The van der Waals surface area contributed by atoms with E-state index in [4.69, 9.17) is 0 Å². The quantitative estimate of drug-likeness (QED) is 0.674. The zero-order chi connectivity index (χ0) is 20.5. The highest BCUT2D eigenvalue weighted by Crippen LogP contribution is 2.32. The monoisotopic (exact) mass is 401 g/mol. The van der Waals surface area contributed by atoms with Crippen LogP contribution >= 0.6 is 0 Å². The SMILES string of the molecule is O=C(C1CC(=O)N(c2cccc3ccccc23)C1)N1CCN(c2ncccn2)CC1. The van der Waals surface area contributed by atoms with E-state index in [1.807, 2.05) is 47.4 Å². The first kappa shape index (κ1) is 18.5. The Morgan fingerprint density at radius 2 is 1.63 bits per heavy atom. The van der Waals surface area contributed by atoms with Crippen LogP contribution in [0.15, 0.2) is 60.9 Å². The van der Waals surface area contributed by atoms with Crippen LogP contribution in [-0.2, 0) is 9.59 Å². The molecular formula is C23H23N5O2. The number of carbonyl (C=O) groups is 2. The molecule has 2 saturated heterocycles. The van der Waals surface area contributed by atoms with Gasteiger partial charge in [0.15, 0.2) is 0 Å². The van der Waals surface area contributed by atoms with Gasteiger partial charge in [-0.2, -0.15) is 0 Å². The summed E-state index contributed by atoms with van der Waals surface area (Å²) in [6, 6.07) is 15.8. The molecule has 0 radical (unpaired) electrons. The van der Waals surface area contributed by atoms with Crippen LogP contribution < -0.4 is 9.80 Å². The minimum atomic E-state index is -0.295. The number of nitrogens with zero attached hydrogens (tertiary/aromatic N) is 5. The van der Waals surface area contributed by atoms with Crippen molar-refractivity contribution >= 4 is 34.2 Å². The van der Waals surface area contributed by atoms with Gasteiger partial charge in [-0.15, -0.1) is 0 Å². The van der Waals surface area contributed by atoms with E-state index in [1.165, 1.54) is 0 Å². The lowest BCUT2D eigenvalue weighted by molar-refractivity contribution is -0.136. The van der Waals surface area contributed by atoms with Crippen molar-refractivity contribution in [1.82, 2.24) is 14.9 Å². The molecule has 0 spiro atoms. The zero-order valence-corrected chi connectivity index (χ0v) is 16.6. The number of fused-ring (bicyclic) bond motifs is 1. The molecule has 3 aromatic rings. The molecule has 2 aliphatic heterocycles. The number of benzene rings is 2. The Morgan fingerprint density at radius 3 is 2.43 bits per heavy atom. The minimum Gasteiger partial charge on any atom is -0.339 e. The van der Waals surface area contributed by atoms with Gasteiger partial charge in [-0.05, 0) is 17.5 Å². The number of hydrogen-bond acceptors (Lipinski definition) is 5. The predicted molar refractivity (Wildman–Crippen MR) is 115 cm³/mol. The zero-order valence-electron chi connectivity index (χ0n) is 16.6. The van der Waals surface area contributed by atoms with E-state index in [2.05, 4.69) is 14.9 Å². The van der Waals surface area contributed by atoms with Crippen LogP contribution in [0.5, 0.6) is 0 Å². The molecule has 0 N–H and O–H groups in total. The number of amides is 2. The summed E-state index contributed by atoms with van der Waals surface area (Å²) in [5.74, 6) is 0.486.